The van der Waals surface area contributed by atoms with E-state index in [2.05, 4.69) is 30.8 Å². The number of nitrogens with zero attached hydrogens (tertiary/aromatic N) is 3. The largest absolute Gasteiger partial charge is 0.490 e. The van der Waals surface area contributed by atoms with Crippen molar-refractivity contribution in [2.45, 2.75) is 25.9 Å². The van der Waals surface area contributed by atoms with Crippen molar-refractivity contribution in [2.24, 2.45) is 0 Å². The maximum absolute atomic E-state index is 12.9. The predicted octanol–water partition coefficient (Wildman–Crippen LogP) is 3.83. The standard InChI is InChI=1S/C27H31ClN6O3/c1-19(35)29-13-14-30-24-17-25(33-27(32-24)20-5-3-2-4-6-20)31-26(36)18-34-15-11-23(12-16-34)37-22-9-7-21(28)8-10-22/h2-10,17,23H,11-16,18H2,1H3,(H,29,35)(H2,30,31,32,33,36). The van der Waals surface area contributed by atoms with Gasteiger partial charge in [0.25, 0.3) is 0 Å². The van der Waals surface area contributed by atoms with Crippen molar-refractivity contribution in [1.82, 2.24) is 20.2 Å². The predicted molar refractivity (Wildman–Crippen MR) is 145 cm³/mol. The summed E-state index contributed by atoms with van der Waals surface area (Å²) in [5.41, 5.74) is 0.839. The maximum atomic E-state index is 12.9. The summed E-state index contributed by atoms with van der Waals surface area (Å²) in [4.78, 5) is 35.2. The molecule has 9 nitrogen and oxygen atoms in total. The Balaban J connectivity index is 1.33. The first-order valence-electron chi connectivity index (χ1n) is 12.3. The van der Waals surface area contributed by atoms with E-state index in [-0.39, 0.29) is 24.5 Å². The SMILES string of the molecule is CC(=O)NCCNc1cc(NC(=O)CN2CCC(Oc3ccc(Cl)cc3)CC2)nc(-c2ccccc2)n1. The second-order valence-corrected chi connectivity index (χ2v) is 9.27. The average Bonchev–Trinajstić information content (AvgIpc) is 2.89. The molecular formula is C27H31ClN6O3. The van der Waals surface area contributed by atoms with Crippen LogP contribution < -0.4 is 20.7 Å². The normalized spacial score (nSPS) is 14.1. The lowest BCUT2D eigenvalue weighted by Gasteiger charge is -2.31. The van der Waals surface area contributed by atoms with Crippen LogP contribution in [0.3, 0.4) is 0 Å². The number of hydrogen-bond acceptors (Lipinski definition) is 7. The van der Waals surface area contributed by atoms with E-state index in [1.54, 1.807) is 6.07 Å². The van der Waals surface area contributed by atoms with Crippen LogP contribution in [0.25, 0.3) is 11.4 Å². The summed E-state index contributed by atoms with van der Waals surface area (Å²) >= 11 is 5.94. The number of likely N-dealkylation sites (tertiary alicyclic amines) is 1. The maximum Gasteiger partial charge on any atom is 0.239 e. The zero-order valence-corrected chi connectivity index (χ0v) is 21.5. The number of carbonyl (C=O) groups excluding carboxylic acids is 2. The molecule has 0 unspecified atom stereocenters. The smallest absolute Gasteiger partial charge is 0.239 e. The highest BCUT2D eigenvalue weighted by Gasteiger charge is 2.22. The van der Waals surface area contributed by atoms with Gasteiger partial charge in [0.1, 0.15) is 23.5 Å². The molecule has 3 aromatic rings. The molecule has 0 atom stereocenters. The number of nitrogens with one attached hydrogen (secondary N) is 3. The summed E-state index contributed by atoms with van der Waals surface area (Å²) < 4.78 is 6.05. The molecule has 0 aliphatic carbocycles. The Morgan fingerprint density at radius 2 is 1.70 bits per heavy atom. The number of hydrogen-bond donors (Lipinski definition) is 3. The highest BCUT2D eigenvalue weighted by atomic mass is 35.5. The number of piperidine rings is 1. The summed E-state index contributed by atoms with van der Waals surface area (Å²) in [6.45, 7) is 4.22. The molecule has 2 amide bonds. The first-order valence-corrected chi connectivity index (χ1v) is 12.7. The van der Waals surface area contributed by atoms with E-state index in [0.717, 1.165) is 37.2 Å². The molecule has 3 N–H and O–H groups in total. The van der Waals surface area contributed by atoms with Crippen LogP contribution in [0.5, 0.6) is 5.75 Å². The van der Waals surface area contributed by atoms with Gasteiger partial charge in [0.15, 0.2) is 5.82 Å². The van der Waals surface area contributed by atoms with E-state index in [1.165, 1.54) is 6.92 Å². The van der Waals surface area contributed by atoms with Crippen LogP contribution in [0.15, 0.2) is 60.7 Å². The summed E-state index contributed by atoms with van der Waals surface area (Å²) in [7, 11) is 0. The first-order chi connectivity index (χ1) is 17.9. The molecule has 0 saturated carbocycles. The van der Waals surface area contributed by atoms with Gasteiger partial charge in [0.2, 0.25) is 11.8 Å². The molecule has 10 heteroatoms. The number of rotatable bonds is 10. The fourth-order valence-corrected chi connectivity index (χ4v) is 4.15. The number of ether oxygens (including phenoxy) is 1. The van der Waals surface area contributed by atoms with Crippen molar-refractivity contribution < 1.29 is 14.3 Å². The lowest BCUT2D eigenvalue weighted by atomic mass is 10.1. The van der Waals surface area contributed by atoms with Gasteiger partial charge in [-0.05, 0) is 37.1 Å². The number of amides is 2. The number of anilines is 2. The van der Waals surface area contributed by atoms with Crippen LogP contribution in [0.2, 0.25) is 5.02 Å². The Labute approximate surface area is 221 Å². The Bertz CT molecular complexity index is 1180. The Morgan fingerprint density at radius 3 is 2.41 bits per heavy atom. The van der Waals surface area contributed by atoms with Gasteiger partial charge in [-0.1, -0.05) is 41.9 Å². The van der Waals surface area contributed by atoms with Crippen molar-refractivity contribution in [3.05, 3.63) is 65.7 Å². The molecule has 1 aromatic heterocycles. The molecule has 194 valence electrons. The first kappa shape index (κ1) is 26.4. The fourth-order valence-electron chi connectivity index (χ4n) is 4.02. The van der Waals surface area contributed by atoms with E-state index in [1.807, 2.05) is 54.6 Å². The highest BCUT2D eigenvalue weighted by Crippen LogP contribution is 2.22. The summed E-state index contributed by atoms with van der Waals surface area (Å²) in [5, 5.41) is 9.52. The van der Waals surface area contributed by atoms with Crippen LogP contribution >= 0.6 is 11.6 Å². The third-order valence-electron chi connectivity index (χ3n) is 5.85. The number of halogens is 1. The summed E-state index contributed by atoms with van der Waals surface area (Å²) in [6, 6.07) is 18.6. The van der Waals surface area contributed by atoms with Crippen LogP contribution in [0.4, 0.5) is 11.6 Å². The van der Waals surface area contributed by atoms with E-state index >= 15 is 0 Å². The van der Waals surface area contributed by atoms with E-state index in [4.69, 9.17) is 16.3 Å². The average molecular weight is 523 g/mol. The number of aromatic nitrogens is 2. The third kappa shape index (κ3) is 8.44. The Kier molecular flexibility index (Phi) is 9.29. The molecular weight excluding hydrogens is 492 g/mol. The molecule has 1 aliphatic heterocycles. The zero-order valence-electron chi connectivity index (χ0n) is 20.7. The second-order valence-electron chi connectivity index (χ2n) is 8.83. The summed E-state index contributed by atoms with van der Waals surface area (Å²) in [5.74, 6) is 2.05. The minimum atomic E-state index is -0.140. The van der Waals surface area contributed by atoms with Crippen LogP contribution in [0.1, 0.15) is 19.8 Å². The van der Waals surface area contributed by atoms with Crippen molar-refractivity contribution in [3.8, 4) is 17.1 Å². The van der Waals surface area contributed by atoms with Crippen LogP contribution in [-0.4, -0.2) is 65.5 Å². The minimum Gasteiger partial charge on any atom is -0.490 e. The molecule has 1 saturated heterocycles. The van der Waals surface area contributed by atoms with Gasteiger partial charge in [0.05, 0.1) is 6.54 Å². The molecule has 2 aromatic carbocycles. The molecule has 0 spiro atoms. The zero-order chi connectivity index (χ0) is 26.0. The van der Waals surface area contributed by atoms with Gasteiger partial charge < -0.3 is 20.7 Å². The Morgan fingerprint density at radius 1 is 1.00 bits per heavy atom. The van der Waals surface area contributed by atoms with Gasteiger partial charge in [-0.15, -0.1) is 0 Å². The van der Waals surface area contributed by atoms with Gasteiger partial charge >= 0.3 is 0 Å². The second kappa shape index (κ2) is 13.0. The molecule has 0 radical (unpaired) electrons. The third-order valence-corrected chi connectivity index (χ3v) is 6.10. The summed E-state index contributed by atoms with van der Waals surface area (Å²) in [6.07, 6.45) is 1.79. The molecule has 2 heterocycles. The quantitative estimate of drug-likeness (QED) is 0.347. The van der Waals surface area contributed by atoms with Gasteiger partial charge in [-0.25, -0.2) is 9.97 Å². The van der Waals surface area contributed by atoms with Crippen LogP contribution in [-0.2, 0) is 9.59 Å². The van der Waals surface area contributed by atoms with Crippen molar-refractivity contribution in [3.63, 3.8) is 0 Å². The van der Waals surface area contributed by atoms with Crippen LogP contribution in [0, 0.1) is 0 Å². The molecule has 4 rings (SSSR count). The molecule has 37 heavy (non-hydrogen) atoms. The minimum absolute atomic E-state index is 0.0945. The number of carbonyl (C=O) groups is 2. The van der Waals surface area contributed by atoms with E-state index in [9.17, 15) is 9.59 Å². The monoisotopic (exact) mass is 522 g/mol. The van der Waals surface area contributed by atoms with Gasteiger partial charge in [-0.3, -0.25) is 14.5 Å². The topological polar surface area (TPSA) is 108 Å². The lowest BCUT2D eigenvalue weighted by molar-refractivity contribution is -0.119. The fraction of sp³-hybridized carbons (Fsp3) is 0.333. The highest BCUT2D eigenvalue weighted by molar-refractivity contribution is 6.30. The van der Waals surface area contributed by atoms with Gasteiger partial charge in [0, 0.05) is 49.8 Å². The van der Waals surface area contributed by atoms with E-state index < -0.39 is 0 Å². The Hall–Kier alpha value is -3.69. The molecule has 1 aliphatic rings. The number of benzene rings is 2. The lowest BCUT2D eigenvalue weighted by Crippen LogP contribution is -2.42. The van der Waals surface area contributed by atoms with E-state index in [0.29, 0.717) is 35.6 Å². The van der Waals surface area contributed by atoms with Gasteiger partial charge in [-0.2, -0.15) is 0 Å². The molecule has 1 fully saturated rings. The van der Waals surface area contributed by atoms with Crippen molar-refractivity contribution >= 4 is 35.1 Å². The molecule has 0 bridgehead atoms. The van der Waals surface area contributed by atoms with Crippen molar-refractivity contribution in [1.29, 1.82) is 0 Å². The van der Waals surface area contributed by atoms with Crippen molar-refractivity contribution in [2.75, 3.05) is 43.4 Å².